The topological polar surface area (TPSA) is 77.5 Å². The summed E-state index contributed by atoms with van der Waals surface area (Å²) < 4.78 is 11.2. The number of ether oxygens (including phenoxy) is 2. The second-order valence-corrected chi connectivity index (χ2v) is 8.32. The zero-order chi connectivity index (χ0) is 23.4. The minimum atomic E-state index is -0.618. The predicted octanol–water partition coefficient (Wildman–Crippen LogP) is 6.12. The van der Waals surface area contributed by atoms with Crippen LogP contribution >= 0.6 is 27.5 Å². The third-order valence-electron chi connectivity index (χ3n) is 4.86. The van der Waals surface area contributed by atoms with E-state index in [9.17, 15) is 9.59 Å². The van der Waals surface area contributed by atoms with E-state index in [-0.39, 0.29) is 0 Å². The van der Waals surface area contributed by atoms with Crippen LogP contribution < -0.4 is 10.1 Å². The van der Waals surface area contributed by atoms with Crippen molar-refractivity contribution in [2.24, 2.45) is 0 Å². The number of nitrogens with zero attached hydrogens (tertiary/aromatic N) is 1. The van der Waals surface area contributed by atoms with Crippen molar-refractivity contribution in [1.29, 1.82) is 0 Å². The molecular weight excluding hydrogens is 508 g/mol. The average Bonchev–Trinajstić information content (AvgIpc) is 2.84. The highest BCUT2D eigenvalue weighted by atomic mass is 79.9. The Bertz CT molecular complexity index is 1340. The van der Waals surface area contributed by atoms with Crippen LogP contribution in [-0.4, -0.2) is 30.6 Å². The molecule has 0 aliphatic carbocycles. The largest absolute Gasteiger partial charge is 0.497 e. The van der Waals surface area contributed by atoms with Gasteiger partial charge in [0.2, 0.25) is 0 Å². The molecule has 1 aromatic heterocycles. The van der Waals surface area contributed by atoms with Crippen LogP contribution in [0.25, 0.3) is 22.2 Å². The Morgan fingerprint density at radius 2 is 1.79 bits per heavy atom. The maximum absolute atomic E-state index is 12.9. The number of carbonyl (C=O) groups excluding carboxylic acids is 2. The Labute approximate surface area is 203 Å². The zero-order valence-electron chi connectivity index (χ0n) is 17.5. The molecular formula is C25H18BrClN2O4. The van der Waals surface area contributed by atoms with Crippen LogP contribution in [0.4, 0.5) is 5.69 Å². The first-order chi connectivity index (χ1) is 15.9. The Balaban J connectivity index is 1.55. The number of para-hydroxylation sites is 1. The third kappa shape index (κ3) is 5.32. The van der Waals surface area contributed by atoms with Crippen LogP contribution in [-0.2, 0) is 9.53 Å². The lowest BCUT2D eigenvalue weighted by Crippen LogP contribution is -2.21. The van der Waals surface area contributed by atoms with Crippen molar-refractivity contribution < 1.29 is 19.1 Å². The molecule has 33 heavy (non-hydrogen) atoms. The van der Waals surface area contributed by atoms with Gasteiger partial charge in [0.1, 0.15) is 5.75 Å². The summed E-state index contributed by atoms with van der Waals surface area (Å²) in [5.74, 6) is -0.375. The smallest absolute Gasteiger partial charge is 0.339 e. The first kappa shape index (κ1) is 22.8. The molecule has 6 nitrogen and oxygen atoms in total. The molecule has 1 N–H and O–H groups in total. The fourth-order valence-corrected chi connectivity index (χ4v) is 3.66. The second-order valence-electron chi connectivity index (χ2n) is 7.05. The van der Waals surface area contributed by atoms with Crippen LogP contribution in [0.15, 0.2) is 77.3 Å². The van der Waals surface area contributed by atoms with Crippen LogP contribution in [0.5, 0.6) is 5.75 Å². The molecule has 0 radical (unpaired) electrons. The SMILES string of the molecule is COc1ccc(-c2cc(C(=O)OCC(=O)Nc3ccc(Br)c(Cl)c3)c3ccccc3n2)cc1. The normalized spacial score (nSPS) is 10.6. The average molecular weight is 526 g/mol. The van der Waals surface area contributed by atoms with E-state index < -0.39 is 18.5 Å². The molecule has 0 unspecified atom stereocenters. The number of methoxy groups -OCH3 is 1. The Hall–Kier alpha value is -3.42. The van der Waals surface area contributed by atoms with Gasteiger partial charge in [-0.1, -0.05) is 29.8 Å². The van der Waals surface area contributed by atoms with Gasteiger partial charge in [-0.15, -0.1) is 0 Å². The molecule has 8 heteroatoms. The number of amides is 1. The lowest BCUT2D eigenvalue weighted by atomic mass is 10.0. The van der Waals surface area contributed by atoms with E-state index in [1.165, 1.54) is 0 Å². The van der Waals surface area contributed by atoms with Gasteiger partial charge < -0.3 is 14.8 Å². The molecule has 3 aromatic carbocycles. The van der Waals surface area contributed by atoms with E-state index in [1.807, 2.05) is 42.5 Å². The summed E-state index contributed by atoms with van der Waals surface area (Å²) >= 11 is 9.34. The number of fused-ring (bicyclic) bond motifs is 1. The fourth-order valence-electron chi connectivity index (χ4n) is 3.23. The first-order valence-electron chi connectivity index (χ1n) is 9.91. The molecule has 0 spiro atoms. The number of pyridine rings is 1. The van der Waals surface area contributed by atoms with Gasteiger partial charge in [0.05, 0.1) is 28.9 Å². The van der Waals surface area contributed by atoms with Crippen molar-refractivity contribution in [3.8, 4) is 17.0 Å². The van der Waals surface area contributed by atoms with Crippen molar-refractivity contribution in [1.82, 2.24) is 4.98 Å². The number of esters is 1. The van der Waals surface area contributed by atoms with Gasteiger partial charge in [0, 0.05) is 21.1 Å². The lowest BCUT2D eigenvalue weighted by Gasteiger charge is -2.11. The number of carbonyl (C=O) groups is 2. The van der Waals surface area contributed by atoms with Gasteiger partial charge in [-0.25, -0.2) is 9.78 Å². The van der Waals surface area contributed by atoms with E-state index in [2.05, 4.69) is 26.2 Å². The number of rotatable bonds is 6. The molecule has 0 aliphatic heterocycles. The van der Waals surface area contributed by atoms with Gasteiger partial charge in [-0.3, -0.25) is 4.79 Å². The third-order valence-corrected chi connectivity index (χ3v) is 6.09. The molecule has 0 bridgehead atoms. The summed E-state index contributed by atoms with van der Waals surface area (Å²) in [6.45, 7) is -0.443. The summed E-state index contributed by atoms with van der Waals surface area (Å²) in [5.41, 5.74) is 2.90. The number of anilines is 1. The molecule has 0 fully saturated rings. The number of hydrogen-bond donors (Lipinski definition) is 1. The molecule has 0 saturated carbocycles. The van der Waals surface area contributed by atoms with Crippen molar-refractivity contribution in [2.45, 2.75) is 0 Å². The van der Waals surface area contributed by atoms with Crippen LogP contribution in [0.3, 0.4) is 0 Å². The number of nitrogens with one attached hydrogen (secondary N) is 1. The maximum atomic E-state index is 12.9. The van der Waals surface area contributed by atoms with E-state index in [4.69, 9.17) is 21.1 Å². The molecule has 4 aromatic rings. The number of aromatic nitrogens is 1. The summed E-state index contributed by atoms with van der Waals surface area (Å²) in [6.07, 6.45) is 0. The molecule has 0 atom stereocenters. The molecule has 4 rings (SSSR count). The van der Waals surface area contributed by atoms with Crippen molar-refractivity contribution >= 4 is 56.0 Å². The Morgan fingerprint density at radius 1 is 1.03 bits per heavy atom. The first-order valence-corrected chi connectivity index (χ1v) is 11.1. The summed E-state index contributed by atoms with van der Waals surface area (Å²) in [6, 6.07) is 21.3. The highest BCUT2D eigenvalue weighted by Gasteiger charge is 2.17. The molecule has 166 valence electrons. The summed E-state index contributed by atoms with van der Waals surface area (Å²) in [7, 11) is 1.60. The maximum Gasteiger partial charge on any atom is 0.339 e. The van der Waals surface area contributed by atoms with Gasteiger partial charge in [-0.05, 0) is 70.5 Å². The summed E-state index contributed by atoms with van der Waals surface area (Å²) in [4.78, 5) is 29.9. The number of hydrogen-bond acceptors (Lipinski definition) is 5. The number of benzene rings is 3. The van der Waals surface area contributed by atoms with E-state index >= 15 is 0 Å². The minimum absolute atomic E-state index is 0.325. The highest BCUT2D eigenvalue weighted by Crippen LogP contribution is 2.27. The molecule has 1 heterocycles. The van der Waals surface area contributed by atoms with Gasteiger partial charge in [-0.2, -0.15) is 0 Å². The highest BCUT2D eigenvalue weighted by molar-refractivity contribution is 9.10. The van der Waals surface area contributed by atoms with Gasteiger partial charge in [0.25, 0.3) is 5.91 Å². The molecule has 0 saturated heterocycles. The number of halogens is 2. The zero-order valence-corrected chi connectivity index (χ0v) is 19.8. The van der Waals surface area contributed by atoms with E-state index in [0.717, 1.165) is 11.3 Å². The van der Waals surface area contributed by atoms with Crippen molar-refractivity contribution in [3.63, 3.8) is 0 Å². The van der Waals surface area contributed by atoms with Crippen LogP contribution in [0.2, 0.25) is 5.02 Å². The molecule has 1 amide bonds. The van der Waals surface area contributed by atoms with E-state index in [0.29, 0.717) is 37.3 Å². The monoisotopic (exact) mass is 524 g/mol. The van der Waals surface area contributed by atoms with Gasteiger partial charge in [0.15, 0.2) is 6.61 Å². The van der Waals surface area contributed by atoms with Gasteiger partial charge >= 0.3 is 5.97 Å². The minimum Gasteiger partial charge on any atom is -0.497 e. The Morgan fingerprint density at radius 3 is 2.52 bits per heavy atom. The van der Waals surface area contributed by atoms with E-state index in [1.54, 1.807) is 37.4 Å². The quantitative estimate of drug-likeness (QED) is 0.307. The predicted molar refractivity (Wildman–Crippen MR) is 132 cm³/mol. The summed E-state index contributed by atoms with van der Waals surface area (Å²) in [5, 5.41) is 3.75. The van der Waals surface area contributed by atoms with Crippen LogP contribution in [0, 0.1) is 0 Å². The lowest BCUT2D eigenvalue weighted by molar-refractivity contribution is -0.119. The van der Waals surface area contributed by atoms with Crippen LogP contribution in [0.1, 0.15) is 10.4 Å². The molecule has 0 aliphatic rings. The standard InChI is InChI=1S/C25H18BrClN2O4/c1-32-17-9-6-15(7-10-17)23-13-19(18-4-2-3-5-22(18)29-23)25(31)33-14-24(30)28-16-8-11-20(26)21(27)12-16/h2-13H,14H2,1H3,(H,28,30). The van der Waals surface area contributed by atoms with Crippen molar-refractivity contribution in [2.75, 3.05) is 19.0 Å². The van der Waals surface area contributed by atoms with Crippen molar-refractivity contribution in [3.05, 3.63) is 87.9 Å². The fraction of sp³-hybridized carbons (Fsp3) is 0.0800. The second kappa shape index (κ2) is 10.0. The Kier molecular flexibility index (Phi) is 6.91.